The lowest BCUT2D eigenvalue weighted by Crippen LogP contribution is -2.00. The Labute approximate surface area is 259 Å². The molecule has 0 atom stereocenters. The molecule has 0 saturated heterocycles. The van der Waals surface area contributed by atoms with Gasteiger partial charge in [0.1, 0.15) is 11.2 Å². The van der Waals surface area contributed by atoms with Gasteiger partial charge in [0.25, 0.3) is 0 Å². The molecule has 0 aliphatic heterocycles. The van der Waals surface area contributed by atoms with Crippen LogP contribution >= 0.6 is 0 Å². The van der Waals surface area contributed by atoms with Crippen molar-refractivity contribution >= 4 is 43.5 Å². The maximum atomic E-state index is 6.22. The summed E-state index contributed by atoms with van der Waals surface area (Å²) in [6, 6.07) is 52.4. The van der Waals surface area contributed by atoms with Gasteiger partial charge in [0.15, 0.2) is 17.5 Å². The third kappa shape index (κ3) is 4.43. The molecule has 0 spiro atoms. The summed E-state index contributed by atoms with van der Waals surface area (Å²) in [4.78, 5) is 15.2. The van der Waals surface area contributed by atoms with Gasteiger partial charge in [-0.1, -0.05) is 121 Å². The Morgan fingerprint density at radius 3 is 1.76 bits per heavy atom. The molecule has 9 aromatic rings. The second kappa shape index (κ2) is 10.2. The van der Waals surface area contributed by atoms with Crippen molar-refractivity contribution in [3.63, 3.8) is 0 Å². The second-order valence-corrected chi connectivity index (χ2v) is 11.3. The molecule has 4 heteroatoms. The fraction of sp³-hybridized carbons (Fsp3) is 0. The molecule has 45 heavy (non-hydrogen) atoms. The number of fused-ring (bicyclic) bond motifs is 5. The highest BCUT2D eigenvalue weighted by atomic mass is 16.3. The zero-order valence-corrected chi connectivity index (χ0v) is 24.2. The van der Waals surface area contributed by atoms with Crippen molar-refractivity contribution in [1.29, 1.82) is 0 Å². The molecule has 2 heterocycles. The van der Waals surface area contributed by atoms with Gasteiger partial charge in [-0.15, -0.1) is 0 Å². The summed E-state index contributed by atoms with van der Waals surface area (Å²) in [5.74, 6) is 1.85. The van der Waals surface area contributed by atoms with Gasteiger partial charge in [-0.25, -0.2) is 15.0 Å². The minimum Gasteiger partial charge on any atom is -0.456 e. The van der Waals surface area contributed by atoms with Crippen LogP contribution in [0.3, 0.4) is 0 Å². The molecule has 210 valence electrons. The van der Waals surface area contributed by atoms with Gasteiger partial charge < -0.3 is 4.42 Å². The smallest absolute Gasteiger partial charge is 0.164 e. The Hall–Kier alpha value is -6.13. The van der Waals surface area contributed by atoms with E-state index in [0.717, 1.165) is 49.4 Å². The predicted octanol–water partition coefficient (Wildman–Crippen LogP) is 10.7. The SMILES string of the molecule is c1ccc(-c2cccc3ccc(-c4nc(-c5ccc6ccccc6c5)nc(-c5ccc6c(c5)oc5ccccc56)n4)cc23)cc1. The molecule has 0 bridgehead atoms. The van der Waals surface area contributed by atoms with Crippen LogP contribution in [0.2, 0.25) is 0 Å². The zero-order chi connectivity index (χ0) is 29.7. The molecule has 0 N–H and O–H groups in total. The van der Waals surface area contributed by atoms with Crippen LogP contribution in [0.15, 0.2) is 156 Å². The van der Waals surface area contributed by atoms with E-state index in [2.05, 4.69) is 121 Å². The number of hydrogen-bond donors (Lipinski definition) is 0. The van der Waals surface area contributed by atoms with Crippen molar-refractivity contribution in [3.05, 3.63) is 152 Å². The Balaban J connectivity index is 1.25. The summed E-state index contributed by atoms with van der Waals surface area (Å²) in [6.45, 7) is 0. The van der Waals surface area contributed by atoms with Crippen LogP contribution in [0, 0.1) is 0 Å². The number of para-hydroxylation sites is 1. The molecule has 0 aliphatic carbocycles. The molecule has 0 fully saturated rings. The van der Waals surface area contributed by atoms with Crippen molar-refractivity contribution in [2.75, 3.05) is 0 Å². The van der Waals surface area contributed by atoms with Crippen LogP contribution in [0.4, 0.5) is 0 Å². The van der Waals surface area contributed by atoms with Crippen molar-refractivity contribution in [2.24, 2.45) is 0 Å². The van der Waals surface area contributed by atoms with E-state index >= 15 is 0 Å². The van der Waals surface area contributed by atoms with E-state index in [1.165, 1.54) is 21.9 Å². The first kappa shape index (κ1) is 25.4. The Bertz CT molecular complexity index is 2550. The fourth-order valence-electron chi connectivity index (χ4n) is 6.24. The first-order chi connectivity index (χ1) is 22.3. The van der Waals surface area contributed by atoms with E-state index in [4.69, 9.17) is 19.4 Å². The van der Waals surface area contributed by atoms with Crippen LogP contribution in [-0.2, 0) is 0 Å². The first-order valence-electron chi connectivity index (χ1n) is 15.0. The number of rotatable bonds is 4. The maximum Gasteiger partial charge on any atom is 0.164 e. The van der Waals surface area contributed by atoms with Gasteiger partial charge in [-0.05, 0) is 63.0 Å². The van der Waals surface area contributed by atoms with Crippen molar-refractivity contribution < 1.29 is 4.42 Å². The van der Waals surface area contributed by atoms with E-state index in [1.54, 1.807) is 0 Å². The topological polar surface area (TPSA) is 51.8 Å². The van der Waals surface area contributed by atoms with Gasteiger partial charge in [-0.3, -0.25) is 0 Å². The van der Waals surface area contributed by atoms with E-state index in [9.17, 15) is 0 Å². The van der Waals surface area contributed by atoms with E-state index in [0.29, 0.717) is 17.5 Å². The first-order valence-corrected chi connectivity index (χ1v) is 15.0. The van der Waals surface area contributed by atoms with Gasteiger partial charge in [0.2, 0.25) is 0 Å². The Morgan fingerprint density at radius 1 is 0.333 bits per heavy atom. The summed E-state index contributed by atoms with van der Waals surface area (Å²) in [6.07, 6.45) is 0. The highest BCUT2D eigenvalue weighted by molar-refractivity contribution is 6.05. The minimum absolute atomic E-state index is 0.599. The molecule has 7 aromatic carbocycles. The highest BCUT2D eigenvalue weighted by Gasteiger charge is 2.16. The molecule has 9 rings (SSSR count). The van der Waals surface area contributed by atoms with E-state index in [1.807, 2.05) is 30.3 Å². The third-order valence-corrected chi connectivity index (χ3v) is 8.51. The second-order valence-electron chi connectivity index (χ2n) is 11.3. The number of nitrogens with zero attached hydrogens (tertiary/aromatic N) is 3. The lowest BCUT2D eigenvalue weighted by atomic mass is 9.96. The molecule has 0 radical (unpaired) electrons. The van der Waals surface area contributed by atoms with Crippen LogP contribution in [0.1, 0.15) is 0 Å². The summed E-state index contributed by atoms with van der Waals surface area (Å²) in [5.41, 5.74) is 6.76. The molecule has 0 saturated carbocycles. The van der Waals surface area contributed by atoms with Crippen LogP contribution in [0.25, 0.3) is 88.8 Å². The number of furan rings is 1. The molecule has 0 aliphatic rings. The van der Waals surface area contributed by atoms with Crippen molar-refractivity contribution in [3.8, 4) is 45.3 Å². The van der Waals surface area contributed by atoms with Crippen molar-refractivity contribution in [2.45, 2.75) is 0 Å². The number of hydrogen-bond acceptors (Lipinski definition) is 4. The molecule has 2 aromatic heterocycles. The summed E-state index contributed by atoms with van der Waals surface area (Å²) < 4.78 is 6.22. The molecular weight excluding hydrogens is 550 g/mol. The number of aromatic nitrogens is 3. The highest BCUT2D eigenvalue weighted by Crippen LogP contribution is 2.35. The van der Waals surface area contributed by atoms with Gasteiger partial charge >= 0.3 is 0 Å². The van der Waals surface area contributed by atoms with Crippen LogP contribution in [-0.4, -0.2) is 15.0 Å². The minimum atomic E-state index is 0.599. The molecule has 0 unspecified atom stereocenters. The van der Waals surface area contributed by atoms with Gasteiger partial charge in [-0.2, -0.15) is 0 Å². The predicted molar refractivity (Wildman–Crippen MR) is 184 cm³/mol. The van der Waals surface area contributed by atoms with Gasteiger partial charge in [0.05, 0.1) is 0 Å². The molecule has 0 amide bonds. The normalized spacial score (nSPS) is 11.6. The summed E-state index contributed by atoms with van der Waals surface area (Å²) >= 11 is 0. The summed E-state index contributed by atoms with van der Waals surface area (Å²) in [5, 5.41) is 6.80. The maximum absolute atomic E-state index is 6.22. The fourth-order valence-corrected chi connectivity index (χ4v) is 6.24. The summed E-state index contributed by atoms with van der Waals surface area (Å²) in [7, 11) is 0. The third-order valence-electron chi connectivity index (χ3n) is 8.51. The molecule has 4 nitrogen and oxygen atoms in total. The average Bonchev–Trinajstić information content (AvgIpc) is 3.49. The Morgan fingerprint density at radius 2 is 0.933 bits per heavy atom. The largest absolute Gasteiger partial charge is 0.456 e. The van der Waals surface area contributed by atoms with E-state index in [-0.39, 0.29) is 0 Å². The molecular formula is C41H25N3O. The van der Waals surface area contributed by atoms with Gasteiger partial charge in [0, 0.05) is 27.5 Å². The van der Waals surface area contributed by atoms with Crippen LogP contribution < -0.4 is 0 Å². The quantitative estimate of drug-likeness (QED) is 0.209. The lowest BCUT2D eigenvalue weighted by molar-refractivity contribution is 0.669. The standard InChI is InChI=1S/C41H25N3O/c1-2-10-27(11-3-1)33-15-8-13-28-18-20-31(24-36(28)33)40-42-39(30-19-17-26-9-4-5-12-29(26)23-30)43-41(44-40)32-21-22-35-34-14-6-7-16-37(34)45-38(35)25-32/h1-25H. The average molecular weight is 576 g/mol. The zero-order valence-electron chi connectivity index (χ0n) is 24.2. The van der Waals surface area contributed by atoms with Crippen molar-refractivity contribution in [1.82, 2.24) is 15.0 Å². The Kier molecular flexibility index (Phi) is 5.78. The monoisotopic (exact) mass is 575 g/mol. The number of benzene rings is 7. The lowest BCUT2D eigenvalue weighted by Gasteiger charge is -2.11. The van der Waals surface area contributed by atoms with Crippen LogP contribution in [0.5, 0.6) is 0 Å². The van der Waals surface area contributed by atoms with E-state index < -0.39 is 0 Å².